The Bertz CT molecular complexity index is 576. The zero-order chi connectivity index (χ0) is 14.5. The third-order valence-corrected chi connectivity index (χ3v) is 2.92. The summed E-state index contributed by atoms with van der Waals surface area (Å²) in [4.78, 5) is 10.1. The Hall–Kier alpha value is -2.40. The molecule has 5 nitrogen and oxygen atoms in total. The van der Waals surface area contributed by atoms with Gasteiger partial charge in [0, 0.05) is 12.1 Å². The van der Waals surface area contributed by atoms with Crippen molar-refractivity contribution in [3.63, 3.8) is 0 Å². The van der Waals surface area contributed by atoms with Crippen LogP contribution in [0.5, 0.6) is 5.75 Å². The number of nitro groups is 1. The first-order chi connectivity index (χ1) is 9.56. The summed E-state index contributed by atoms with van der Waals surface area (Å²) in [5, 5.41) is 19.9. The smallest absolute Gasteiger partial charge is 0.269 e. The van der Waals surface area contributed by atoms with Crippen molar-refractivity contribution in [3.05, 3.63) is 69.8 Å². The number of nitrogens with zero attached hydrogens (tertiary/aromatic N) is 1. The first-order valence-electron chi connectivity index (χ1n) is 6.20. The molecule has 0 spiro atoms. The molecule has 0 radical (unpaired) electrons. The molecule has 1 unspecified atom stereocenters. The monoisotopic (exact) mass is 273 g/mol. The Labute approximate surface area is 116 Å². The second-order valence-electron chi connectivity index (χ2n) is 4.46. The summed E-state index contributed by atoms with van der Waals surface area (Å²) in [6, 6.07) is 13.4. The molecular weight excluding hydrogens is 258 g/mol. The van der Waals surface area contributed by atoms with E-state index in [9.17, 15) is 15.2 Å². The fraction of sp³-hybridized carbons (Fsp3) is 0.200. The van der Waals surface area contributed by atoms with E-state index in [4.69, 9.17) is 4.74 Å². The van der Waals surface area contributed by atoms with E-state index in [1.165, 1.54) is 12.1 Å². The molecule has 0 heterocycles. The van der Waals surface area contributed by atoms with Crippen molar-refractivity contribution in [1.82, 2.24) is 0 Å². The van der Waals surface area contributed by atoms with Gasteiger partial charge in [0.25, 0.3) is 5.69 Å². The molecule has 0 bridgehead atoms. The fourth-order valence-corrected chi connectivity index (χ4v) is 1.72. The molecule has 5 heteroatoms. The van der Waals surface area contributed by atoms with Crippen LogP contribution in [0.4, 0.5) is 5.69 Å². The van der Waals surface area contributed by atoms with Gasteiger partial charge in [-0.3, -0.25) is 10.1 Å². The average Bonchev–Trinajstić information content (AvgIpc) is 2.46. The molecule has 0 amide bonds. The van der Waals surface area contributed by atoms with Crippen LogP contribution < -0.4 is 4.74 Å². The van der Waals surface area contributed by atoms with Crippen molar-refractivity contribution in [2.24, 2.45) is 0 Å². The van der Waals surface area contributed by atoms with Gasteiger partial charge in [-0.1, -0.05) is 12.1 Å². The molecule has 0 saturated heterocycles. The zero-order valence-electron chi connectivity index (χ0n) is 11.0. The Morgan fingerprint density at radius 3 is 2.25 bits per heavy atom. The predicted molar refractivity (Wildman–Crippen MR) is 74.5 cm³/mol. The molecule has 2 rings (SSSR count). The molecule has 2 aromatic carbocycles. The van der Waals surface area contributed by atoms with Gasteiger partial charge in [-0.2, -0.15) is 0 Å². The highest BCUT2D eigenvalue weighted by Crippen LogP contribution is 2.19. The maximum absolute atomic E-state index is 10.5. The van der Waals surface area contributed by atoms with Gasteiger partial charge in [0.1, 0.15) is 12.4 Å². The third kappa shape index (κ3) is 3.55. The van der Waals surface area contributed by atoms with Gasteiger partial charge in [0.05, 0.1) is 11.0 Å². The number of benzene rings is 2. The Kier molecular flexibility index (Phi) is 4.32. The topological polar surface area (TPSA) is 72.6 Å². The molecule has 0 aliphatic heterocycles. The van der Waals surface area contributed by atoms with E-state index < -0.39 is 11.0 Å². The van der Waals surface area contributed by atoms with Gasteiger partial charge in [-0.05, 0) is 42.3 Å². The summed E-state index contributed by atoms with van der Waals surface area (Å²) in [6.07, 6.45) is -0.501. The van der Waals surface area contributed by atoms with Crippen molar-refractivity contribution in [1.29, 1.82) is 0 Å². The number of rotatable bonds is 5. The maximum atomic E-state index is 10.5. The van der Waals surface area contributed by atoms with Gasteiger partial charge in [0.2, 0.25) is 0 Å². The summed E-state index contributed by atoms with van der Waals surface area (Å²) in [5.74, 6) is 0.688. The van der Waals surface area contributed by atoms with Crippen LogP contribution in [-0.2, 0) is 6.61 Å². The average molecular weight is 273 g/mol. The zero-order valence-corrected chi connectivity index (χ0v) is 11.0. The summed E-state index contributed by atoms with van der Waals surface area (Å²) in [5.41, 5.74) is 1.75. The molecule has 1 N–H and O–H groups in total. The van der Waals surface area contributed by atoms with Crippen LogP contribution in [0.2, 0.25) is 0 Å². The van der Waals surface area contributed by atoms with E-state index in [0.29, 0.717) is 12.4 Å². The lowest BCUT2D eigenvalue weighted by Crippen LogP contribution is -1.97. The van der Waals surface area contributed by atoms with E-state index in [0.717, 1.165) is 11.1 Å². The van der Waals surface area contributed by atoms with Gasteiger partial charge >= 0.3 is 0 Å². The van der Waals surface area contributed by atoms with Crippen molar-refractivity contribution >= 4 is 5.69 Å². The van der Waals surface area contributed by atoms with Crippen LogP contribution in [0.15, 0.2) is 48.5 Å². The summed E-state index contributed by atoms with van der Waals surface area (Å²) >= 11 is 0. The van der Waals surface area contributed by atoms with Crippen molar-refractivity contribution in [2.45, 2.75) is 19.6 Å². The molecular formula is C15H15NO4. The first kappa shape index (κ1) is 14.0. The number of aliphatic hydroxyl groups excluding tert-OH is 1. The highest BCUT2D eigenvalue weighted by Gasteiger charge is 2.05. The maximum Gasteiger partial charge on any atom is 0.269 e. The minimum absolute atomic E-state index is 0.0648. The van der Waals surface area contributed by atoms with Gasteiger partial charge in [-0.25, -0.2) is 0 Å². The molecule has 2 aromatic rings. The standard InChI is InChI=1S/C15H15NO4/c1-11(17)13-4-8-15(9-5-13)20-10-12-2-6-14(7-3-12)16(18)19/h2-9,11,17H,10H2,1H3. The Balaban J connectivity index is 1.96. The summed E-state index contributed by atoms with van der Waals surface area (Å²) in [7, 11) is 0. The fourth-order valence-electron chi connectivity index (χ4n) is 1.72. The lowest BCUT2D eigenvalue weighted by molar-refractivity contribution is -0.384. The Morgan fingerprint density at radius 2 is 1.75 bits per heavy atom. The van der Waals surface area contributed by atoms with Crippen molar-refractivity contribution in [2.75, 3.05) is 0 Å². The lowest BCUT2D eigenvalue weighted by Gasteiger charge is -2.08. The first-order valence-corrected chi connectivity index (χ1v) is 6.20. The molecule has 104 valence electrons. The minimum atomic E-state index is -0.501. The number of hydrogen-bond donors (Lipinski definition) is 1. The highest BCUT2D eigenvalue weighted by molar-refractivity contribution is 5.33. The molecule has 20 heavy (non-hydrogen) atoms. The number of hydrogen-bond acceptors (Lipinski definition) is 4. The van der Waals surface area contributed by atoms with E-state index in [2.05, 4.69) is 0 Å². The van der Waals surface area contributed by atoms with Crippen LogP contribution >= 0.6 is 0 Å². The molecule has 0 aromatic heterocycles. The number of non-ortho nitro benzene ring substituents is 1. The van der Waals surface area contributed by atoms with Crippen LogP contribution in [0.1, 0.15) is 24.2 Å². The van der Waals surface area contributed by atoms with Gasteiger partial charge in [-0.15, -0.1) is 0 Å². The SMILES string of the molecule is CC(O)c1ccc(OCc2ccc([N+](=O)[O-])cc2)cc1. The quantitative estimate of drug-likeness (QED) is 0.670. The number of nitro benzene ring substituents is 1. The van der Waals surface area contributed by atoms with Gasteiger partial charge in [0.15, 0.2) is 0 Å². The lowest BCUT2D eigenvalue weighted by atomic mass is 10.1. The second-order valence-corrected chi connectivity index (χ2v) is 4.46. The van der Waals surface area contributed by atoms with Crippen LogP contribution in [-0.4, -0.2) is 10.0 Å². The van der Waals surface area contributed by atoms with Crippen LogP contribution in [0.3, 0.4) is 0 Å². The van der Waals surface area contributed by atoms with E-state index in [-0.39, 0.29) is 5.69 Å². The minimum Gasteiger partial charge on any atom is -0.489 e. The molecule has 0 aliphatic rings. The van der Waals surface area contributed by atoms with Crippen LogP contribution in [0.25, 0.3) is 0 Å². The Morgan fingerprint density at radius 1 is 1.15 bits per heavy atom. The largest absolute Gasteiger partial charge is 0.489 e. The van der Waals surface area contributed by atoms with E-state index >= 15 is 0 Å². The van der Waals surface area contributed by atoms with Crippen molar-refractivity contribution in [3.8, 4) is 5.75 Å². The van der Waals surface area contributed by atoms with E-state index in [1.54, 1.807) is 43.3 Å². The third-order valence-electron chi connectivity index (χ3n) is 2.92. The summed E-state index contributed by atoms with van der Waals surface area (Å²) in [6.45, 7) is 2.04. The summed E-state index contributed by atoms with van der Waals surface area (Å²) < 4.78 is 5.58. The van der Waals surface area contributed by atoms with E-state index in [1.807, 2.05) is 0 Å². The number of ether oxygens (including phenoxy) is 1. The van der Waals surface area contributed by atoms with Crippen molar-refractivity contribution < 1.29 is 14.8 Å². The molecule has 0 fully saturated rings. The normalized spacial score (nSPS) is 11.9. The van der Waals surface area contributed by atoms with Crippen LogP contribution in [0, 0.1) is 10.1 Å². The molecule has 0 aliphatic carbocycles. The molecule has 1 atom stereocenters. The predicted octanol–water partition coefficient (Wildman–Crippen LogP) is 3.23. The van der Waals surface area contributed by atoms with Gasteiger partial charge < -0.3 is 9.84 Å². The molecule has 0 saturated carbocycles. The second kappa shape index (κ2) is 6.16. The highest BCUT2D eigenvalue weighted by atomic mass is 16.6. The number of aliphatic hydroxyl groups is 1.